The first-order chi connectivity index (χ1) is 8.49. The molecule has 0 aromatic carbocycles. The van der Waals surface area contributed by atoms with Crippen LogP contribution in [-0.4, -0.2) is 41.8 Å². The Kier molecular flexibility index (Phi) is 3.37. The second-order valence-electron chi connectivity index (χ2n) is 3.69. The highest BCUT2D eigenvalue weighted by Crippen LogP contribution is 2.30. The third-order valence-corrected chi connectivity index (χ3v) is 2.88. The molecule has 0 unspecified atom stereocenters. The Morgan fingerprint density at radius 1 is 1.72 bits per heavy atom. The van der Waals surface area contributed by atoms with Crippen LogP contribution in [0.4, 0.5) is 10.6 Å². The zero-order chi connectivity index (χ0) is 13.3. The number of carbonyl (C=O) groups excluding carboxylic acids is 1. The van der Waals surface area contributed by atoms with E-state index in [0.29, 0.717) is 16.0 Å². The monoisotopic (exact) mass is 315 g/mol. The molecule has 18 heavy (non-hydrogen) atoms. The Labute approximate surface area is 111 Å². The Morgan fingerprint density at radius 3 is 3.11 bits per heavy atom. The fourth-order valence-corrected chi connectivity index (χ4v) is 1.92. The molecule has 1 aromatic heterocycles. The summed E-state index contributed by atoms with van der Waals surface area (Å²) in [6.45, 7) is -0.0688. The molecule has 0 fully saturated rings. The Bertz CT molecular complexity index is 508. The molecule has 2 amide bonds. The SMILES string of the molecule is CN1C(=O)[C@@H](NC(=O)O)COc2cc(Br)cnc21. The van der Waals surface area contributed by atoms with Gasteiger partial charge in [0.15, 0.2) is 11.6 Å². The molecule has 1 aliphatic rings. The Morgan fingerprint density at radius 2 is 2.44 bits per heavy atom. The van der Waals surface area contributed by atoms with Gasteiger partial charge in [-0.2, -0.15) is 0 Å². The van der Waals surface area contributed by atoms with Crippen molar-refractivity contribution >= 4 is 33.7 Å². The topological polar surface area (TPSA) is 91.8 Å². The molecule has 0 aliphatic carbocycles. The molecule has 0 bridgehead atoms. The molecule has 0 saturated heterocycles. The standard InChI is InChI=1S/C10H10BrN3O4/c1-14-8-7(2-5(11)3-12-8)18-4-6(9(14)15)13-10(16)17/h2-3,6,13H,4H2,1H3,(H,16,17)/t6-/m0/s1. The summed E-state index contributed by atoms with van der Waals surface area (Å²) in [7, 11) is 1.52. The quantitative estimate of drug-likeness (QED) is 0.801. The second kappa shape index (κ2) is 4.81. The maximum absolute atomic E-state index is 12.0. The summed E-state index contributed by atoms with van der Waals surface area (Å²) in [6.07, 6.45) is 0.266. The molecule has 1 aromatic rings. The fraction of sp³-hybridized carbons (Fsp3) is 0.300. The predicted molar refractivity (Wildman–Crippen MR) is 65.8 cm³/mol. The number of carboxylic acid groups (broad SMARTS) is 1. The summed E-state index contributed by atoms with van der Waals surface area (Å²) in [4.78, 5) is 28.0. The molecule has 1 atom stereocenters. The van der Waals surface area contributed by atoms with Gasteiger partial charge < -0.3 is 15.2 Å². The van der Waals surface area contributed by atoms with Gasteiger partial charge in [0.05, 0.1) is 0 Å². The lowest BCUT2D eigenvalue weighted by Crippen LogP contribution is -2.49. The van der Waals surface area contributed by atoms with Crippen LogP contribution in [-0.2, 0) is 4.79 Å². The zero-order valence-electron chi connectivity index (χ0n) is 9.38. The maximum Gasteiger partial charge on any atom is 0.405 e. The largest absolute Gasteiger partial charge is 0.487 e. The number of nitrogens with zero attached hydrogens (tertiary/aromatic N) is 2. The minimum Gasteiger partial charge on any atom is -0.487 e. The number of hydrogen-bond acceptors (Lipinski definition) is 4. The van der Waals surface area contributed by atoms with E-state index in [2.05, 4.69) is 26.2 Å². The van der Waals surface area contributed by atoms with E-state index in [-0.39, 0.29) is 6.61 Å². The molecular weight excluding hydrogens is 306 g/mol. The van der Waals surface area contributed by atoms with Gasteiger partial charge >= 0.3 is 6.09 Å². The second-order valence-corrected chi connectivity index (χ2v) is 4.60. The van der Waals surface area contributed by atoms with Gasteiger partial charge in [0.2, 0.25) is 0 Å². The van der Waals surface area contributed by atoms with Crippen molar-refractivity contribution in [1.82, 2.24) is 10.3 Å². The van der Waals surface area contributed by atoms with E-state index >= 15 is 0 Å². The van der Waals surface area contributed by atoms with Crippen LogP contribution in [0.2, 0.25) is 0 Å². The minimum absolute atomic E-state index is 0.0688. The fourth-order valence-electron chi connectivity index (χ4n) is 1.61. The average molecular weight is 316 g/mol. The summed E-state index contributed by atoms with van der Waals surface area (Å²) in [5.74, 6) is 0.374. The Balaban J connectivity index is 2.32. The molecule has 1 aliphatic heterocycles. The highest BCUT2D eigenvalue weighted by Gasteiger charge is 2.31. The van der Waals surface area contributed by atoms with Crippen LogP contribution in [0.3, 0.4) is 0 Å². The van der Waals surface area contributed by atoms with Crippen molar-refractivity contribution < 1.29 is 19.4 Å². The van der Waals surface area contributed by atoms with Crippen LogP contribution in [0.15, 0.2) is 16.7 Å². The van der Waals surface area contributed by atoms with Crippen molar-refractivity contribution in [3.8, 4) is 5.75 Å². The normalized spacial score (nSPS) is 18.7. The smallest absolute Gasteiger partial charge is 0.405 e. The first-order valence-electron chi connectivity index (χ1n) is 5.04. The number of rotatable bonds is 1. The lowest BCUT2D eigenvalue weighted by Gasteiger charge is -2.18. The van der Waals surface area contributed by atoms with Crippen molar-refractivity contribution in [3.63, 3.8) is 0 Å². The number of hydrogen-bond donors (Lipinski definition) is 2. The van der Waals surface area contributed by atoms with E-state index in [1.165, 1.54) is 18.1 Å². The van der Waals surface area contributed by atoms with Crippen molar-refractivity contribution in [2.45, 2.75) is 6.04 Å². The number of ether oxygens (including phenoxy) is 1. The molecule has 0 radical (unpaired) electrons. The predicted octanol–water partition coefficient (Wildman–Crippen LogP) is 0.835. The number of nitrogens with one attached hydrogen (secondary N) is 1. The first-order valence-corrected chi connectivity index (χ1v) is 5.83. The van der Waals surface area contributed by atoms with Gasteiger partial charge in [0, 0.05) is 17.7 Å². The molecule has 2 N–H and O–H groups in total. The number of likely N-dealkylation sites (N-methyl/N-ethyl adjacent to an activating group) is 1. The lowest BCUT2D eigenvalue weighted by molar-refractivity contribution is -0.120. The van der Waals surface area contributed by atoms with Gasteiger partial charge in [-0.3, -0.25) is 9.69 Å². The number of fused-ring (bicyclic) bond motifs is 1. The van der Waals surface area contributed by atoms with Crippen LogP contribution < -0.4 is 15.0 Å². The molecule has 0 saturated carbocycles. The molecule has 7 nitrogen and oxygen atoms in total. The molecule has 8 heteroatoms. The summed E-state index contributed by atoms with van der Waals surface area (Å²) >= 11 is 3.25. The number of aromatic nitrogens is 1. The van der Waals surface area contributed by atoms with Crippen LogP contribution >= 0.6 is 15.9 Å². The van der Waals surface area contributed by atoms with Gasteiger partial charge in [-0.05, 0) is 22.0 Å². The maximum atomic E-state index is 12.0. The summed E-state index contributed by atoms with van der Waals surface area (Å²) in [5, 5.41) is 10.8. The molecular formula is C10H10BrN3O4. The van der Waals surface area contributed by atoms with E-state index in [4.69, 9.17) is 9.84 Å². The third kappa shape index (κ3) is 2.37. The van der Waals surface area contributed by atoms with Gasteiger partial charge in [-0.1, -0.05) is 0 Å². The van der Waals surface area contributed by atoms with E-state index in [1.54, 1.807) is 6.07 Å². The number of pyridine rings is 1. The van der Waals surface area contributed by atoms with Crippen molar-refractivity contribution in [3.05, 3.63) is 16.7 Å². The molecule has 0 spiro atoms. The number of anilines is 1. The van der Waals surface area contributed by atoms with Crippen LogP contribution in [0.1, 0.15) is 0 Å². The molecule has 96 valence electrons. The molecule has 2 heterocycles. The van der Waals surface area contributed by atoms with Crippen LogP contribution in [0.25, 0.3) is 0 Å². The van der Waals surface area contributed by atoms with Crippen LogP contribution in [0.5, 0.6) is 5.75 Å². The average Bonchev–Trinajstić information content (AvgIpc) is 2.41. The Hall–Kier alpha value is -1.83. The van der Waals surface area contributed by atoms with Gasteiger partial charge in [-0.15, -0.1) is 0 Å². The molecule has 2 rings (SSSR count). The number of carbonyl (C=O) groups is 2. The van der Waals surface area contributed by atoms with Crippen LogP contribution in [0, 0.1) is 0 Å². The van der Waals surface area contributed by atoms with Crippen molar-refractivity contribution in [2.24, 2.45) is 0 Å². The summed E-state index contributed by atoms with van der Waals surface area (Å²) < 4.78 is 6.12. The van der Waals surface area contributed by atoms with Crippen molar-refractivity contribution in [2.75, 3.05) is 18.6 Å². The van der Waals surface area contributed by atoms with Gasteiger partial charge in [0.1, 0.15) is 12.6 Å². The van der Waals surface area contributed by atoms with Crippen molar-refractivity contribution in [1.29, 1.82) is 0 Å². The first kappa shape index (κ1) is 12.6. The lowest BCUT2D eigenvalue weighted by atomic mass is 10.3. The van der Waals surface area contributed by atoms with Gasteiger partial charge in [-0.25, -0.2) is 9.78 Å². The number of halogens is 1. The van der Waals surface area contributed by atoms with E-state index in [9.17, 15) is 9.59 Å². The summed E-state index contributed by atoms with van der Waals surface area (Å²) in [5.41, 5.74) is 0. The third-order valence-electron chi connectivity index (χ3n) is 2.45. The van der Waals surface area contributed by atoms with Gasteiger partial charge in [0.25, 0.3) is 5.91 Å². The highest BCUT2D eigenvalue weighted by molar-refractivity contribution is 9.10. The van der Waals surface area contributed by atoms with E-state index in [1.807, 2.05) is 0 Å². The number of amides is 2. The summed E-state index contributed by atoms with van der Waals surface area (Å²) in [6, 6.07) is 0.732. The van der Waals surface area contributed by atoms with E-state index in [0.717, 1.165) is 0 Å². The zero-order valence-corrected chi connectivity index (χ0v) is 11.0. The van der Waals surface area contributed by atoms with E-state index < -0.39 is 18.0 Å². The highest BCUT2D eigenvalue weighted by atomic mass is 79.9. The minimum atomic E-state index is -1.27.